The SMILES string of the molecule is COc1ccc(NC(=S)N(CCc2nc3ccccc3[nH]2)Cc2ccccc2)c(OC)c1. The van der Waals surface area contributed by atoms with Crippen LogP contribution < -0.4 is 14.8 Å². The second-order valence-corrected chi connectivity index (χ2v) is 7.74. The molecule has 6 nitrogen and oxygen atoms in total. The highest BCUT2D eigenvalue weighted by Crippen LogP contribution is 2.29. The van der Waals surface area contributed by atoms with Gasteiger partial charge >= 0.3 is 0 Å². The molecule has 2 N–H and O–H groups in total. The number of benzene rings is 3. The van der Waals surface area contributed by atoms with Gasteiger partial charge in [0.1, 0.15) is 17.3 Å². The average Bonchev–Trinajstić information content (AvgIpc) is 3.25. The van der Waals surface area contributed by atoms with Crippen molar-refractivity contribution in [1.29, 1.82) is 0 Å². The van der Waals surface area contributed by atoms with Gasteiger partial charge in [0.2, 0.25) is 0 Å². The lowest BCUT2D eigenvalue weighted by Gasteiger charge is -2.26. The summed E-state index contributed by atoms with van der Waals surface area (Å²) in [6.07, 6.45) is 0.739. The smallest absolute Gasteiger partial charge is 0.173 e. The summed E-state index contributed by atoms with van der Waals surface area (Å²) < 4.78 is 10.8. The maximum absolute atomic E-state index is 5.80. The Morgan fingerprint density at radius 1 is 1.00 bits per heavy atom. The number of aromatic nitrogens is 2. The van der Waals surface area contributed by atoms with E-state index in [4.69, 9.17) is 26.7 Å². The van der Waals surface area contributed by atoms with Crippen LogP contribution in [-0.4, -0.2) is 40.7 Å². The molecule has 0 atom stereocenters. The number of nitrogens with one attached hydrogen (secondary N) is 2. The van der Waals surface area contributed by atoms with Gasteiger partial charge in [0.15, 0.2) is 5.11 Å². The Labute approximate surface area is 193 Å². The summed E-state index contributed by atoms with van der Waals surface area (Å²) in [6.45, 7) is 1.39. The van der Waals surface area contributed by atoms with Gasteiger partial charge in [-0.3, -0.25) is 0 Å². The van der Waals surface area contributed by atoms with Crippen LogP contribution in [0.1, 0.15) is 11.4 Å². The van der Waals surface area contributed by atoms with Gasteiger partial charge in [-0.15, -0.1) is 0 Å². The highest BCUT2D eigenvalue weighted by molar-refractivity contribution is 7.80. The number of fused-ring (bicyclic) bond motifs is 1. The van der Waals surface area contributed by atoms with Gasteiger partial charge in [0.05, 0.1) is 30.9 Å². The summed E-state index contributed by atoms with van der Waals surface area (Å²) in [7, 11) is 3.26. The Bertz CT molecular complexity index is 1160. The standard InChI is InChI=1S/C25H26N4O2S/c1-30-19-12-13-22(23(16-19)31-2)28-25(32)29(17-18-8-4-3-5-9-18)15-14-24-26-20-10-6-7-11-21(20)27-24/h3-13,16H,14-15,17H2,1-2H3,(H,26,27)(H,28,32). The quantitative estimate of drug-likeness (QED) is 0.371. The van der Waals surface area contributed by atoms with E-state index in [1.807, 2.05) is 60.7 Å². The minimum absolute atomic E-state index is 0.619. The molecule has 1 heterocycles. The van der Waals surface area contributed by atoms with Crippen LogP contribution in [0.15, 0.2) is 72.8 Å². The van der Waals surface area contributed by atoms with Crippen LogP contribution in [0, 0.1) is 0 Å². The van der Waals surface area contributed by atoms with Crippen molar-refractivity contribution in [3.63, 3.8) is 0 Å². The molecule has 0 aliphatic heterocycles. The molecular weight excluding hydrogens is 420 g/mol. The monoisotopic (exact) mass is 446 g/mol. The minimum Gasteiger partial charge on any atom is -0.497 e. The van der Waals surface area contributed by atoms with Gasteiger partial charge < -0.3 is 24.7 Å². The highest BCUT2D eigenvalue weighted by Gasteiger charge is 2.15. The highest BCUT2D eigenvalue weighted by atomic mass is 32.1. The summed E-state index contributed by atoms with van der Waals surface area (Å²) in [5, 5.41) is 3.96. The second-order valence-electron chi connectivity index (χ2n) is 7.35. The fourth-order valence-corrected chi connectivity index (χ4v) is 3.78. The summed E-state index contributed by atoms with van der Waals surface area (Å²) in [6, 6.07) is 24.0. The first-order valence-corrected chi connectivity index (χ1v) is 10.8. The number of imidazole rings is 1. The zero-order valence-electron chi connectivity index (χ0n) is 18.2. The first-order valence-electron chi connectivity index (χ1n) is 10.4. The van der Waals surface area contributed by atoms with Crippen molar-refractivity contribution in [3.05, 3.63) is 84.2 Å². The largest absolute Gasteiger partial charge is 0.497 e. The molecule has 0 aliphatic carbocycles. The fraction of sp³-hybridized carbons (Fsp3) is 0.200. The number of hydrogen-bond donors (Lipinski definition) is 2. The fourth-order valence-electron chi connectivity index (χ4n) is 3.52. The molecule has 0 unspecified atom stereocenters. The molecule has 0 bridgehead atoms. The number of H-pyrrole nitrogens is 1. The van der Waals surface area contributed by atoms with Crippen LogP contribution in [-0.2, 0) is 13.0 Å². The van der Waals surface area contributed by atoms with Crippen molar-refractivity contribution in [3.8, 4) is 11.5 Å². The third kappa shape index (κ3) is 5.18. The number of ether oxygens (including phenoxy) is 2. The van der Waals surface area contributed by atoms with Crippen LogP contribution in [0.3, 0.4) is 0 Å². The van der Waals surface area contributed by atoms with E-state index in [2.05, 4.69) is 27.3 Å². The predicted molar refractivity (Wildman–Crippen MR) is 132 cm³/mol. The first-order chi connectivity index (χ1) is 15.7. The van der Waals surface area contributed by atoms with Crippen molar-refractivity contribution in [2.24, 2.45) is 0 Å². The van der Waals surface area contributed by atoms with Gasteiger partial charge in [-0.1, -0.05) is 42.5 Å². The zero-order valence-corrected chi connectivity index (χ0v) is 19.0. The summed E-state index contributed by atoms with van der Waals surface area (Å²) in [4.78, 5) is 10.2. The lowest BCUT2D eigenvalue weighted by molar-refractivity contribution is 0.395. The van der Waals surface area contributed by atoms with E-state index in [-0.39, 0.29) is 0 Å². The third-order valence-corrected chi connectivity index (χ3v) is 5.57. The van der Waals surface area contributed by atoms with Crippen LogP contribution in [0.5, 0.6) is 11.5 Å². The van der Waals surface area contributed by atoms with Gasteiger partial charge in [0.25, 0.3) is 0 Å². The van der Waals surface area contributed by atoms with E-state index in [0.717, 1.165) is 34.7 Å². The molecule has 0 fully saturated rings. The number of rotatable bonds is 8. The van der Waals surface area contributed by atoms with Gasteiger partial charge in [-0.05, 0) is 42.0 Å². The number of para-hydroxylation sites is 2. The number of anilines is 1. The number of hydrogen-bond acceptors (Lipinski definition) is 4. The number of aromatic amines is 1. The number of thiocarbonyl (C=S) groups is 1. The molecule has 0 amide bonds. The molecule has 0 aliphatic rings. The lowest BCUT2D eigenvalue weighted by atomic mass is 10.2. The van der Waals surface area contributed by atoms with Crippen LogP contribution in [0.25, 0.3) is 11.0 Å². The van der Waals surface area contributed by atoms with Crippen LogP contribution >= 0.6 is 12.2 Å². The minimum atomic E-state index is 0.619. The average molecular weight is 447 g/mol. The Hall–Kier alpha value is -3.58. The normalized spacial score (nSPS) is 10.7. The van der Waals surface area contributed by atoms with E-state index in [1.54, 1.807) is 14.2 Å². The van der Waals surface area contributed by atoms with Gasteiger partial charge in [-0.25, -0.2) is 4.98 Å². The van der Waals surface area contributed by atoms with Crippen molar-refractivity contribution in [2.75, 3.05) is 26.1 Å². The maximum atomic E-state index is 5.80. The molecule has 1 aromatic heterocycles. The number of methoxy groups -OCH3 is 2. The zero-order chi connectivity index (χ0) is 22.3. The Morgan fingerprint density at radius 3 is 2.53 bits per heavy atom. The topological polar surface area (TPSA) is 62.4 Å². The first kappa shape index (κ1) is 21.6. The van der Waals surface area contributed by atoms with E-state index < -0.39 is 0 Å². The maximum Gasteiger partial charge on any atom is 0.173 e. The molecule has 0 spiro atoms. The van der Waals surface area contributed by atoms with Gasteiger partial charge in [-0.2, -0.15) is 0 Å². The molecule has 0 saturated carbocycles. The van der Waals surface area contributed by atoms with E-state index in [1.165, 1.54) is 5.56 Å². The molecule has 4 aromatic rings. The molecule has 0 radical (unpaired) electrons. The van der Waals surface area contributed by atoms with Crippen LogP contribution in [0.4, 0.5) is 5.69 Å². The molecule has 32 heavy (non-hydrogen) atoms. The van der Waals surface area contributed by atoms with Crippen molar-refractivity contribution in [2.45, 2.75) is 13.0 Å². The third-order valence-electron chi connectivity index (χ3n) is 5.21. The summed E-state index contributed by atoms with van der Waals surface area (Å²) in [5.74, 6) is 2.34. The number of nitrogens with zero attached hydrogens (tertiary/aromatic N) is 2. The predicted octanol–water partition coefficient (Wildman–Crippen LogP) is 5.02. The summed E-state index contributed by atoms with van der Waals surface area (Å²) in [5.41, 5.74) is 3.99. The van der Waals surface area contributed by atoms with Crippen molar-refractivity contribution >= 4 is 34.1 Å². The van der Waals surface area contributed by atoms with Crippen LogP contribution in [0.2, 0.25) is 0 Å². The van der Waals surface area contributed by atoms with E-state index in [0.29, 0.717) is 24.0 Å². The Kier molecular flexibility index (Phi) is 6.87. The Morgan fingerprint density at radius 2 is 1.78 bits per heavy atom. The molecule has 7 heteroatoms. The van der Waals surface area contributed by atoms with Crippen molar-refractivity contribution < 1.29 is 9.47 Å². The summed E-state index contributed by atoms with van der Waals surface area (Å²) >= 11 is 5.80. The molecule has 164 valence electrons. The van der Waals surface area contributed by atoms with E-state index >= 15 is 0 Å². The lowest BCUT2D eigenvalue weighted by Crippen LogP contribution is -2.36. The molecule has 4 rings (SSSR count). The molecule has 3 aromatic carbocycles. The van der Waals surface area contributed by atoms with E-state index in [9.17, 15) is 0 Å². The second kappa shape index (κ2) is 10.2. The molecule has 0 saturated heterocycles. The molecular formula is C25H26N4O2S. The van der Waals surface area contributed by atoms with Gasteiger partial charge in [0, 0.05) is 25.6 Å². The van der Waals surface area contributed by atoms with Crippen molar-refractivity contribution in [1.82, 2.24) is 14.9 Å². The Balaban J connectivity index is 1.52.